The Morgan fingerprint density at radius 3 is 2.44 bits per heavy atom. The van der Waals surface area contributed by atoms with Gasteiger partial charge in [0.1, 0.15) is 11.5 Å². The molecule has 0 aliphatic carbocycles. The Bertz CT molecular complexity index is 476. The molecule has 1 atom stereocenters. The summed E-state index contributed by atoms with van der Waals surface area (Å²) in [5, 5.41) is 10.3. The third-order valence-corrected chi connectivity index (χ3v) is 2.32. The third-order valence-electron chi connectivity index (χ3n) is 2.32. The standard InChI is InChI=1S/C11H9F5N2/c1-6-2-3-8(12)10(9(6)13)18-5-7(4-17)11(14,15)16/h2-3,7,18H,5H2,1H3. The topological polar surface area (TPSA) is 35.8 Å². The normalized spacial score (nSPS) is 12.9. The van der Waals surface area contributed by atoms with E-state index in [1.165, 1.54) is 13.0 Å². The minimum absolute atomic E-state index is 0.0967. The molecule has 0 saturated carbocycles. The number of anilines is 1. The van der Waals surface area contributed by atoms with Crippen LogP contribution in [0.3, 0.4) is 0 Å². The minimum Gasteiger partial charge on any atom is -0.379 e. The van der Waals surface area contributed by atoms with Gasteiger partial charge in [-0.25, -0.2) is 8.78 Å². The molecular weight excluding hydrogens is 255 g/mol. The lowest BCUT2D eigenvalue weighted by molar-refractivity contribution is -0.155. The zero-order valence-electron chi connectivity index (χ0n) is 9.28. The summed E-state index contributed by atoms with van der Waals surface area (Å²) in [7, 11) is 0. The van der Waals surface area contributed by atoms with Gasteiger partial charge in [-0.15, -0.1) is 0 Å². The molecule has 1 aromatic rings. The molecule has 1 rings (SSSR count). The second kappa shape index (κ2) is 5.21. The quantitative estimate of drug-likeness (QED) is 0.849. The number of halogens is 5. The molecule has 18 heavy (non-hydrogen) atoms. The molecule has 98 valence electrons. The van der Waals surface area contributed by atoms with Crippen molar-refractivity contribution in [1.29, 1.82) is 5.26 Å². The van der Waals surface area contributed by atoms with Gasteiger partial charge < -0.3 is 5.32 Å². The highest BCUT2D eigenvalue weighted by Gasteiger charge is 2.39. The van der Waals surface area contributed by atoms with Gasteiger partial charge in [0.25, 0.3) is 0 Å². The summed E-state index contributed by atoms with van der Waals surface area (Å²) in [6.45, 7) is 0.447. The SMILES string of the molecule is Cc1ccc(F)c(NCC(C#N)C(F)(F)F)c1F. The summed E-state index contributed by atoms with van der Waals surface area (Å²) < 4.78 is 63.4. The van der Waals surface area contributed by atoms with Crippen LogP contribution in [-0.4, -0.2) is 12.7 Å². The fourth-order valence-corrected chi connectivity index (χ4v) is 1.26. The van der Waals surface area contributed by atoms with Crippen molar-refractivity contribution >= 4 is 5.69 Å². The number of rotatable bonds is 3. The zero-order chi connectivity index (χ0) is 13.9. The summed E-state index contributed by atoms with van der Waals surface area (Å²) in [5.74, 6) is -4.29. The number of aryl methyl sites for hydroxylation is 1. The van der Waals surface area contributed by atoms with Crippen LogP contribution >= 0.6 is 0 Å². The lowest BCUT2D eigenvalue weighted by atomic mass is 10.1. The second-order valence-electron chi connectivity index (χ2n) is 3.66. The Kier molecular flexibility index (Phi) is 4.11. The molecule has 0 saturated heterocycles. The predicted octanol–water partition coefficient (Wildman–Crippen LogP) is 3.39. The maximum Gasteiger partial charge on any atom is 0.406 e. The first-order chi connectivity index (χ1) is 8.27. The summed E-state index contributed by atoms with van der Waals surface area (Å²) in [4.78, 5) is 0. The first-order valence-electron chi connectivity index (χ1n) is 4.92. The average molecular weight is 264 g/mol. The van der Waals surface area contributed by atoms with Crippen LogP contribution < -0.4 is 5.32 Å². The number of hydrogen-bond acceptors (Lipinski definition) is 2. The summed E-state index contributed by atoms with van der Waals surface area (Å²) in [5.41, 5.74) is -0.557. The Hall–Kier alpha value is -1.84. The largest absolute Gasteiger partial charge is 0.406 e. The molecule has 0 aromatic heterocycles. The number of benzene rings is 1. The van der Waals surface area contributed by atoms with Crippen LogP contribution in [0.5, 0.6) is 0 Å². The van der Waals surface area contributed by atoms with E-state index >= 15 is 0 Å². The van der Waals surface area contributed by atoms with Gasteiger partial charge in [0.2, 0.25) is 0 Å². The van der Waals surface area contributed by atoms with Crippen molar-refractivity contribution in [2.24, 2.45) is 5.92 Å². The van der Waals surface area contributed by atoms with Crippen LogP contribution in [0, 0.1) is 35.8 Å². The molecule has 0 fully saturated rings. The number of hydrogen-bond donors (Lipinski definition) is 1. The van der Waals surface area contributed by atoms with Crippen LogP contribution in [0.2, 0.25) is 0 Å². The summed E-state index contributed by atoms with van der Waals surface area (Å²) in [6.07, 6.45) is -4.74. The van der Waals surface area contributed by atoms with Gasteiger partial charge in [0.15, 0.2) is 11.7 Å². The molecule has 0 heterocycles. The lowest BCUT2D eigenvalue weighted by Crippen LogP contribution is -2.28. The lowest BCUT2D eigenvalue weighted by Gasteiger charge is -2.15. The Labute approximate surface area is 100 Å². The molecular formula is C11H9F5N2. The van der Waals surface area contributed by atoms with Crippen molar-refractivity contribution in [3.8, 4) is 6.07 Å². The van der Waals surface area contributed by atoms with Crippen molar-refractivity contribution in [2.75, 3.05) is 11.9 Å². The van der Waals surface area contributed by atoms with Gasteiger partial charge in [-0.3, -0.25) is 0 Å². The van der Waals surface area contributed by atoms with Crippen molar-refractivity contribution in [3.05, 3.63) is 29.3 Å². The van der Waals surface area contributed by atoms with E-state index in [0.717, 1.165) is 12.1 Å². The van der Waals surface area contributed by atoms with Crippen LogP contribution in [0.25, 0.3) is 0 Å². The number of nitrogens with one attached hydrogen (secondary N) is 1. The molecule has 0 radical (unpaired) electrons. The van der Waals surface area contributed by atoms with Crippen molar-refractivity contribution in [1.82, 2.24) is 0 Å². The van der Waals surface area contributed by atoms with Gasteiger partial charge >= 0.3 is 6.18 Å². The highest BCUT2D eigenvalue weighted by atomic mass is 19.4. The predicted molar refractivity (Wildman–Crippen MR) is 54.7 cm³/mol. The van der Waals surface area contributed by atoms with E-state index in [4.69, 9.17) is 5.26 Å². The number of nitrogens with zero attached hydrogens (tertiary/aromatic N) is 1. The molecule has 1 unspecified atom stereocenters. The van der Waals surface area contributed by atoms with E-state index in [-0.39, 0.29) is 5.56 Å². The fraction of sp³-hybridized carbons (Fsp3) is 0.364. The van der Waals surface area contributed by atoms with E-state index in [1.54, 1.807) is 0 Å². The van der Waals surface area contributed by atoms with Crippen molar-refractivity contribution < 1.29 is 22.0 Å². The molecule has 0 aliphatic rings. The molecule has 0 spiro atoms. The van der Waals surface area contributed by atoms with Crippen molar-refractivity contribution in [3.63, 3.8) is 0 Å². The first kappa shape index (κ1) is 14.2. The third kappa shape index (κ3) is 3.09. The summed E-state index contributed by atoms with van der Waals surface area (Å²) >= 11 is 0. The van der Waals surface area contributed by atoms with Crippen LogP contribution in [0.15, 0.2) is 12.1 Å². The molecule has 0 aliphatic heterocycles. The Balaban J connectivity index is 2.88. The van der Waals surface area contributed by atoms with Crippen LogP contribution in [-0.2, 0) is 0 Å². The summed E-state index contributed by atoms with van der Waals surface area (Å²) in [6, 6.07) is 3.14. The molecule has 1 aromatic carbocycles. The van der Waals surface area contributed by atoms with E-state index in [9.17, 15) is 22.0 Å². The van der Waals surface area contributed by atoms with Gasteiger partial charge in [0.05, 0.1) is 6.07 Å². The molecule has 0 bridgehead atoms. The van der Waals surface area contributed by atoms with Crippen molar-refractivity contribution in [2.45, 2.75) is 13.1 Å². The van der Waals surface area contributed by atoms with E-state index in [2.05, 4.69) is 0 Å². The smallest absolute Gasteiger partial charge is 0.379 e. The molecule has 2 nitrogen and oxygen atoms in total. The van der Waals surface area contributed by atoms with E-state index in [1.807, 2.05) is 5.32 Å². The van der Waals surface area contributed by atoms with Gasteiger partial charge in [0, 0.05) is 6.54 Å². The minimum atomic E-state index is -4.74. The Morgan fingerprint density at radius 1 is 1.33 bits per heavy atom. The molecule has 7 heteroatoms. The average Bonchev–Trinajstić information content (AvgIpc) is 2.27. The maximum absolute atomic E-state index is 13.4. The highest BCUT2D eigenvalue weighted by Crippen LogP contribution is 2.27. The fourth-order valence-electron chi connectivity index (χ4n) is 1.26. The van der Waals surface area contributed by atoms with Gasteiger partial charge in [-0.1, -0.05) is 6.07 Å². The van der Waals surface area contributed by atoms with Crippen LogP contribution in [0.1, 0.15) is 5.56 Å². The monoisotopic (exact) mass is 264 g/mol. The van der Waals surface area contributed by atoms with E-state index < -0.39 is 36.0 Å². The van der Waals surface area contributed by atoms with Gasteiger partial charge in [-0.05, 0) is 18.6 Å². The Morgan fingerprint density at radius 2 is 1.94 bits per heavy atom. The number of alkyl halides is 3. The van der Waals surface area contributed by atoms with E-state index in [0.29, 0.717) is 0 Å². The van der Waals surface area contributed by atoms with Gasteiger partial charge in [-0.2, -0.15) is 18.4 Å². The molecule has 0 amide bonds. The maximum atomic E-state index is 13.4. The second-order valence-corrected chi connectivity index (χ2v) is 3.66. The van der Waals surface area contributed by atoms with Crippen LogP contribution in [0.4, 0.5) is 27.6 Å². The molecule has 1 N–H and O–H groups in total. The number of nitriles is 1. The zero-order valence-corrected chi connectivity index (χ0v) is 9.28. The highest BCUT2D eigenvalue weighted by molar-refractivity contribution is 5.49. The first-order valence-corrected chi connectivity index (χ1v) is 4.92.